The third-order valence-corrected chi connectivity index (χ3v) is 17.9. The van der Waals surface area contributed by atoms with Gasteiger partial charge in [0, 0.05) is 76.2 Å². The normalized spacial score (nSPS) is 12.3. The Labute approximate surface area is 488 Å². The molecule has 85 heavy (non-hydrogen) atoms. The summed E-state index contributed by atoms with van der Waals surface area (Å²) in [5.41, 5.74) is 21.5. The molecule has 18 rings (SSSR count). The van der Waals surface area contributed by atoms with Crippen LogP contribution >= 0.6 is 0 Å². The highest BCUT2D eigenvalue weighted by molar-refractivity contribution is 6.31. The van der Waals surface area contributed by atoms with Crippen LogP contribution in [0.1, 0.15) is 11.3 Å². The molecule has 18 aromatic rings. The molecule has 0 radical (unpaired) electrons. The monoisotopic (exact) mass is 1090 g/mol. The fraction of sp³-hybridized carbons (Fsp3) is 0.0127. The largest absolute Gasteiger partial charge is 0.459 e. The lowest BCUT2D eigenvalue weighted by Crippen LogP contribution is -2.10. The standard InChI is InChI=1S/C79H50N4O2/c1-3-4-23-55-48(2)84-78-59(55)27-15-35-69(78)80(53-42-38-51(39-43-53)49-19-7-5-8-20-49)65-31-17-33-67-74(65)61-29-13-25-57-63-47-72-64(46-71(63)82(67)76(57)61)58-26-14-30-62-75-66(32-18-34-68(75)83(72)77(58)62)81(54-44-40-52(41-45-54)50-21-9-6-10-22-50)70-36-16-28-60-56-24-11-12-37-73(56)85-79(60)70/h3-47H,1H2,2H3/b23-4-. The van der Waals surface area contributed by atoms with Crippen molar-refractivity contribution < 1.29 is 8.83 Å². The maximum Gasteiger partial charge on any atom is 0.159 e. The number of aromatic nitrogens is 2. The first-order valence-corrected chi connectivity index (χ1v) is 29.0. The fourth-order valence-corrected chi connectivity index (χ4v) is 14.3. The molecule has 0 N–H and O–H groups in total. The van der Waals surface area contributed by atoms with Crippen molar-refractivity contribution in [3.63, 3.8) is 0 Å². The number of anilines is 6. The van der Waals surface area contributed by atoms with Gasteiger partial charge in [-0.15, -0.1) is 0 Å². The van der Waals surface area contributed by atoms with E-state index in [9.17, 15) is 0 Å². The fourth-order valence-electron chi connectivity index (χ4n) is 14.3. The molecule has 0 aliphatic rings. The first-order valence-electron chi connectivity index (χ1n) is 29.0. The maximum absolute atomic E-state index is 6.84. The van der Waals surface area contributed by atoms with Crippen LogP contribution in [0, 0.1) is 6.92 Å². The van der Waals surface area contributed by atoms with Gasteiger partial charge < -0.3 is 27.4 Å². The van der Waals surface area contributed by atoms with Crippen LogP contribution in [0.5, 0.6) is 0 Å². The predicted molar refractivity (Wildman–Crippen MR) is 357 cm³/mol. The van der Waals surface area contributed by atoms with E-state index < -0.39 is 0 Å². The predicted octanol–water partition coefficient (Wildman–Crippen LogP) is 22.4. The number of fused-ring (bicyclic) bond motifs is 16. The van der Waals surface area contributed by atoms with Crippen molar-refractivity contribution in [1.29, 1.82) is 0 Å². The molecule has 0 fully saturated rings. The Bertz CT molecular complexity index is 5740. The minimum absolute atomic E-state index is 0.830. The Morgan fingerprint density at radius 2 is 0.776 bits per heavy atom. The zero-order valence-corrected chi connectivity index (χ0v) is 46.3. The van der Waals surface area contributed by atoms with Gasteiger partial charge in [0.2, 0.25) is 0 Å². The van der Waals surface area contributed by atoms with Crippen molar-refractivity contribution in [1.82, 2.24) is 8.80 Å². The van der Waals surface area contributed by atoms with Crippen LogP contribution in [0.15, 0.2) is 282 Å². The lowest BCUT2D eigenvalue weighted by Gasteiger charge is -2.27. The summed E-state index contributed by atoms with van der Waals surface area (Å²) in [6.07, 6.45) is 5.88. The van der Waals surface area contributed by atoms with E-state index in [4.69, 9.17) is 8.83 Å². The van der Waals surface area contributed by atoms with Gasteiger partial charge >= 0.3 is 0 Å². The number of rotatable bonds is 10. The number of hydrogen-bond donors (Lipinski definition) is 0. The SMILES string of the molecule is C=C/C=C\c1c(C)oc2c(N(c3ccc(-c4ccccc4)cc3)c3cccc4c3c3cccc5c6cc7c(cc6n4c53)c3cccc4c5c(N(c6ccc(-c8ccccc8)cc6)c6cccc8c6oc6ccccc68)cccc5n7c34)cccc12. The van der Waals surface area contributed by atoms with E-state index in [0.29, 0.717) is 0 Å². The minimum Gasteiger partial charge on any atom is -0.459 e. The number of benzene rings is 12. The van der Waals surface area contributed by atoms with Crippen molar-refractivity contribution in [3.05, 3.63) is 285 Å². The summed E-state index contributed by atoms with van der Waals surface area (Å²) in [6.45, 7) is 6.01. The average molecular weight is 1090 g/mol. The molecule has 0 spiro atoms. The van der Waals surface area contributed by atoms with E-state index in [2.05, 4.69) is 280 Å². The van der Waals surface area contributed by atoms with E-state index in [0.717, 1.165) is 101 Å². The van der Waals surface area contributed by atoms with Crippen molar-refractivity contribution in [2.75, 3.05) is 9.80 Å². The van der Waals surface area contributed by atoms with E-state index in [1.54, 1.807) is 0 Å². The Morgan fingerprint density at radius 1 is 0.353 bits per heavy atom. The Kier molecular flexibility index (Phi) is 10.1. The highest BCUT2D eigenvalue weighted by atomic mass is 16.3. The van der Waals surface area contributed by atoms with Crippen LogP contribution in [0.25, 0.3) is 137 Å². The third kappa shape index (κ3) is 6.76. The average Bonchev–Trinajstić information content (AvgIpc) is 1.71. The molecule has 6 heteroatoms. The molecule has 0 aliphatic carbocycles. The summed E-state index contributed by atoms with van der Waals surface area (Å²) in [6, 6.07) is 92.7. The summed E-state index contributed by atoms with van der Waals surface area (Å²) in [7, 11) is 0. The molecule has 0 unspecified atom stereocenters. The van der Waals surface area contributed by atoms with Gasteiger partial charge in [-0.3, -0.25) is 0 Å². The number of aryl methyl sites for hydroxylation is 1. The summed E-state index contributed by atoms with van der Waals surface area (Å²) in [5.74, 6) is 0.859. The van der Waals surface area contributed by atoms with Gasteiger partial charge in [0.15, 0.2) is 11.2 Å². The molecule has 0 atom stereocenters. The minimum atomic E-state index is 0.830. The first kappa shape index (κ1) is 47.3. The molecule has 398 valence electrons. The molecular formula is C79H50N4O2. The van der Waals surface area contributed by atoms with Gasteiger partial charge in [0.05, 0.1) is 55.8 Å². The summed E-state index contributed by atoms with van der Waals surface area (Å²) in [4.78, 5) is 4.81. The van der Waals surface area contributed by atoms with Crippen molar-refractivity contribution in [2.45, 2.75) is 6.92 Å². The van der Waals surface area contributed by atoms with Crippen LogP contribution in [-0.2, 0) is 0 Å². The van der Waals surface area contributed by atoms with E-state index in [1.807, 2.05) is 25.1 Å². The maximum atomic E-state index is 6.84. The molecule has 0 aliphatic heterocycles. The Morgan fingerprint density at radius 3 is 1.32 bits per heavy atom. The molecule has 0 saturated carbocycles. The third-order valence-electron chi connectivity index (χ3n) is 17.9. The summed E-state index contributed by atoms with van der Waals surface area (Å²) < 4.78 is 18.7. The molecule has 12 aromatic carbocycles. The molecule has 0 amide bonds. The molecule has 0 bridgehead atoms. The van der Waals surface area contributed by atoms with Crippen molar-refractivity contribution in [3.8, 4) is 22.3 Å². The number of hydrogen-bond acceptors (Lipinski definition) is 4. The molecule has 6 aromatic heterocycles. The second kappa shape index (κ2) is 18.1. The quantitative estimate of drug-likeness (QED) is 0.128. The van der Waals surface area contributed by atoms with Crippen LogP contribution in [0.4, 0.5) is 34.1 Å². The number of furan rings is 2. The molecule has 6 heterocycles. The smallest absolute Gasteiger partial charge is 0.159 e. The van der Waals surface area contributed by atoms with Gasteiger partial charge in [-0.05, 0) is 108 Å². The summed E-state index contributed by atoms with van der Waals surface area (Å²) in [5, 5.41) is 12.8. The zero-order chi connectivity index (χ0) is 56.0. The first-order chi connectivity index (χ1) is 42.1. The number of para-hydroxylation sites is 5. The van der Waals surface area contributed by atoms with Crippen LogP contribution < -0.4 is 9.80 Å². The highest BCUT2D eigenvalue weighted by Crippen LogP contribution is 2.52. The Balaban J connectivity index is 0.858. The van der Waals surface area contributed by atoms with Crippen LogP contribution in [0.2, 0.25) is 0 Å². The lowest BCUT2D eigenvalue weighted by molar-refractivity contribution is 0.578. The lowest BCUT2D eigenvalue weighted by atomic mass is 10.0. The topological polar surface area (TPSA) is 41.6 Å². The van der Waals surface area contributed by atoms with Gasteiger partial charge in [-0.2, -0.15) is 0 Å². The van der Waals surface area contributed by atoms with E-state index >= 15 is 0 Å². The molecule has 0 saturated heterocycles. The van der Waals surface area contributed by atoms with Gasteiger partial charge in [0.1, 0.15) is 11.3 Å². The van der Waals surface area contributed by atoms with E-state index in [1.165, 1.54) is 76.3 Å². The highest BCUT2D eigenvalue weighted by Gasteiger charge is 2.29. The number of nitrogens with zero attached hydrogens (tertiary/aromatic N) is 4. The molecule has 6 nitrogen and oxygen atoms in total. The van der Waals surface area contributed by atoms with Crippen LogP contribution in [0.3, 0.4) is 0 Å². The molecular weight excluding hydrogens is 1040 g/mol. The van der Waals surface area contributed by atoms with Gasteiger partial charge in [0.25, 0.3) is 0 Å². The summed E-state index contributed by atoms with van der Waals surface area (Å²) >= 11 is 0. The van der Waals surface area contributed by atoms with Crippen LogP contribution in [-0.4, -0.2) is 8.80 Å². The van der Waals surface area contributed by atoms with E-state index in [-0.39, 0.29) is 0 Å². The number of allylic oxidation sites excluding steroid dienone is 2. The van der Waals surface area contributed by atoms with Crippen molar-refractivity contribution >= 4 is 149 Å². The second-order valence-corrected chi connectivity index (χ2v) is 22.4. The van der Waals surface area contributed by atoms with Gasteiger partial charge in [-0.25, -0.2) is 0 Å². The zero-order valence-electron chi connectivity index (χ0n) is 46.3. The van der Waals surface area contributed by atoms with Crippen molar-refractivity contribution in [2.24, 2.45) is 0 Å². The van der Waals surface area contributed by atoms with Gasteiger partial charge in [-0.1, -0.05) is 201 Å². The Hall–Kier alpha value is -11.3. The second-order valence-electron chi connectivity index (χ2n) is 22.4.